The van der Waals surface area contributed by atoms with Crippen molar-refractivity contribution < 1.29 is 14.3 Å². The van der Waals surface area contributed by atoms with Crippen LogP contribution in [0.4, 0.5) is 5.00 Å². The number of nitrogens with two attached hydrogens (primary N) is 1. The number of carbonyl (C=O) groups excluding carboxylic acids is 2. The number of amides is 2. The number of carbonyl (C=O) groups is 2. The summed E-state index contributed by atoms with van der Waals surface area (Å²) >= 11 is 1.46. The Kier molecular flexibility index (Phi) is 5.61. The van der Waals surface area contributed by atoms with Gasteiger partial charge in [0.15, 0.2) is 6.61 Å². The van der Waals surface area contributed by atoms with Crippen LogP contribution >= 0.6 is 11.3 Å². The van der Waals surface area contributed by atoms with Gasteiger partial charge in [-0.1, -0.05) is 26.0 Å². The summed E-state index contributed by atoms with van der Waals surface area (Å²) in [6.07, 6.45) is 3.71. The van der Waals surface area contributed by atoms with Gasteiger partial charge in [0, 0.05) is 4.88 Å². The molecule has 1 aromatic carbocycles. The Labute approximate surface area is 157 Å². The van der Waals surface area contributed by atoms with Crippen molar-refractivity contribution in [2.24, 2.45) is 11.7 Å². The molecule has 6 heteroatoms. The third-order valence-electron chi connectivity index (χ3n) is 4.69. The molecule has 1 aromatic heterocycles. The van der Waals surface area contributed by atoms with Crippen LogP contribution in [0.1, 0.15) is 46.6 Å². The van der Waals surface area contributed by atoms with E-state index < -0.39 is 5.91 Å². The van der Waals surface area contributed by atoms with E-state index in [0.717, 1.165) is 41.7 Å². The average Bonchev–Trinajstić information content (AvgIpc) is 2.97. The van der Waals surface area contributed by atoms with Gasteiger partial charge in [0.1, 0.15) is 10.8 Å². The summed E-state index contributed by atoms with van der Waals surface area (Å²) in [5.41, 5.74) is 8.20. The number of aryl methyl sites for hydroxylation is 1. The zero-order chi connectivity index (χ0) is 18.7. The van der Waals surface area contributed by atoms with E-state index in [1.807, 2.05) is 24.3 Å². The predicted molar refractivity (Wildman–Crippen MR) is 104 cm³/mol. The van der Waals surface area contributed by atoms with Crippen molar-refractivity contribution in [1.29, 1.82) is 0 Å². The van der Waals surface area contributed by atoms with Crippen molar-refractivity contribution in [3.05, 3.63) is 45.8 Å². The minimum absolute atomic E-state index is 0.107. The second-order valence-corrected chi connectivity index (χ2v) is 7.86. The maximum absolute atomic E-state index is 12.3. The van der Waals surface area contributed by atoms with Crippen LogP contribution < -0.4 is 15.8 Å². The lowest BCUT2D eigenvalue weighted by Gasteiger charge is -2.18. The monoisotopic (exact) mass is 372 g/mol. The number of thiophene rings is 1. The fourth-order valence-corrected chi connectivity index (χ4v) is 4.70. The molecule has 0 aliphatic heterocycles. The van der Waals surface area contributed by atoms with Gasteiger partial charge in [-0.25, -0.2) is 0 Å². The molecule has 2 amide bonds. The van der Waals surface area contributed by atoms with Crippen LogP contribution in [0.3, 0.4) is 0 Å². The lowest BCUT2D eigenvalue weighted by atomic mass is 9.88. The zero-order valence-electron chi connectivity index (χ0n) is 15.1. The van der Waals surface area contributed by atoms with Crippen LogP contribution in [0.5, 0.6) is 5.75 Å². The molecular formula is C20H24N2O3S. The summed E-state index contributed by atoms with van der Waals surface area (Å²) in [7, 11) is 0. The highest BCUT2D eigenvalue weighted by molar-refractivity contribution is 7.17. The quantitative estimate of drug-likeness (QED) is 0.813. The summed E-state index contributed by atoms with van der Waals surface area (Å²) in [6, 6.07) is 7.68. The fourth-order valence-electron chi connectivity index (χ4n) is 3.27. The van der Waals surface area contributed by atoms with Gasteiger partial charge in [-0.2, -0.15) is 0 Å². The molecule has 0 bridgehead atoms. The number of nitrogens with one attached hydrogen (secondary N) is 1. The number of primary amides is 1. The Hall–Kier alpha value is -2.34. The second-order valence-electron chi connectivity index (χ2n) is 6.76. The minimum atomic E-state index is -0.482. The van der Waals surface area contributed by atoms with E-state index in [1.54, 1.807) is 0 Å². The van der Waals surface area contributed by atoms with E-state index in [9.17, 15) is 9.59 Å². The van der Waals surface area contributed by atoms with Crippen molar-refractivity contribution in [1.82, 2.24) is 0 Å². The molecule has 1 aliphatic carbocycles. The normalized spacial score (nSPS) is 16.0. The lowest BCUT2D eigenvalue weighted by molar-refractivity contribution is -0.118. The number of hydrogen-bond donors (Lipinski definition) is 2. The Balaban J connectivity index is 1.70. The fraction of sp³-hybridized carbons (Fsp3) is 0.400. The van der Waals surface area contributed by atoms with E-state index in [2.05, 4.69) is 19.2 Å². The SMILES string of the molecule is CCc1cccc(OCC(=O)Nc2sc3c(c2C(N)=O)CC[C@@H](C)C3)c1. The number of rotatable bonds is 6. The van der Waals surface area contributed by atoms with Crippen molar-refractivity contribution in [3.8, 4) is 5.75 Å². The first kappa shape index (κ1) is 18.5. The number of hydrogen-bond acceptors (Lipinski definition) is 4. The van der Waals surface area contributed by atoms with Crippen LogP contribution in [0, 0.1) is 5.92 Å². The molecule has 0 spiro atoms. The molecular weight excluding hydrogens is 348 g/mol. The van der Waals surface area contributed by atoms with Crippen molar-refractivity contribution in [3.63, 3.8) is 0 Å². The van der Waals surface area contributed by atoms with E-state index in [-0.39, 0.29) is 12.5 Å². The van der Waals surface area contributed by atoms with Gasteiger partial charge in [-0.3, -0.25) is 9.59 Å². The summed E-state index contributed by atoms with van der Waals surface area (Å²) < 4.78 is 5.58. The molecule has 0 saturated heterocycles. The molecule has 3 N–H and O–H groups in total. The summed E-state index contributed by atoms with van der Waals surface area (Å²) in [5.74, 6) is 0.471. The summed E-state index contributed by atoms with van der Waals surface area (Å²) in [4.78, 5) is 25.4. The molecule has 1 atom stereocenters. The molecule has 2 aromatic rings. The molecule has 0 saturated carbocycles. The summed E-state index contributed by atoms with van der Waals surface area (Å²) in [6.45, 7) is 4.16. The molecule has 0 unspecified atom stereocenters. The first-order valence-electron chi connectivity index (χ1n) is 8.93. The lowest BCUT2D eigenvalue weighted by Crippen LogP contribution is -2.22. The van der Waals surface area contributed by atoms with E-state index >= 15 is 0 Å². The first-order valence-corrected chi connectivity index (χ1v) is 9.75. The molecule has 5 nitrogen and oxygen atoms in total. The largest absolute Gasteiger partial charge is 0.484 e. The first-order chi connectivity index (χ1) is 12.5. The highest BCUT2D eigenvalue weighted by Gasteiger charge is 2.27. The smallest absolute Gasteiger partial charge is 0.262 e. The van der Waals surface area contributed by atoms with Gasteiger partial charge in [0.2, 0.25) is 0 Å². The van der Waals surface area contributed by atoms with Crippen LogP contribution in [-0.2, 0) is 24.1 Å². The van der Waals surface area contributed by atoms with Gasteiger partial charge >= 0.3 is 0 Å². The zero-order valence-corrected chi connectivity index (χ0v) is 15.9. The van der Waals surface area contributed by atoms with Gasteiger partial charge in [-0.05, 0) is 54.9 Å². The van der Waals surface area contributed by atoms with Crippen LogP contribution in [0.25, 0.3) is 0 Å². The van der Waals surface area contributed by atoms with Crippen LogP contribution in [-0.4, -0.2) is 18.4 Å². The van der Waals surface area contributed by atoms with Crippen LogP contribution in [0.15, 0.2) is 24.3 Å². The molecule has 26 heavy (non-hydrogen) atoms. The van der Waals surface area contributed by atoms with E-state index in [0.29, 0.717) is 22.2 Å². The molecule has 1 aliphatic rings. The number of benzene rings is 1. The Morgan fingerprint density at radius 2 is 2.19 bits per heavy atom. The Morgan fingerprint density at radius 1 is 1.38 bits per heavy atom. The molecule has 3 rings (SSSR count). The van der Waals surface area contributed by atoms with Gasteiger partial charge in [-0.15, -0.1) is 11.3 Å². The van der Waals surface area contributed by atoms with E-state index in [1.165, 1.54) is 11.3 Å². The number of anilines is 1. The molecule has 0 radical (unpaired) electrons. The predicted octanol–water partition coefficient (Wildman–Crippen LogP) is 3.55. The molecule has 1 heterocycles. The van der Waals surface area contributed by atoms with Gasteiger partial charge in [0.05, 0.1) is 5.56 Å². The topological polar surface area (TPSA) is 81.4 Å². The van der Waals surface area contributed by atoms with E-state index in [4.69, 9.17) is 10.5 Å². The Morgan fingerprint density at radius 3 is 2.92 bits per heavy atom. The third kappa shape index (κ3) is 4.07. The average molecular weight is 372 g/mol. The number of fused-ring (bicyclic) bond motifs is 1. The molecule has 138 valence electrons. The maximum Gasteiger partial charge on any atom is 0.262 e. The van der Waals surface area contributed by atoms with Crippen molar-refractivity contribution in [2.45, 2.75) is 39.5 Å². The third-order valence-corrected chi connectivity index (χ3v) is 5.86. The van der Waals surface area contributed by atoms with Gasteiger partial charge < -0.3 is 15.8 Å². The van der Waals surface area contributed by atoms with Crippen molar-refractivity contribution in [2.75, 3.05) is 11.9 Å². The van der Waals surface area contributed by atoms with Crippen LogP contribution in [0.2, 0.25) is 0 Å². The number of ether oxygens (including phenoxy) is 1. The highest BCUT2D eigenvalue weighted by Crippen LogP contribution is 2.39. The minimum Gasteiger partial charge on any atom is -0.484 e. The second kappa shape index (κ2) is 7.91. The van der Waals surface area contributed by atoms with Gasteiger partial charge in [0.25, 0.3) is 11.8 Å². The van der Waals surface area contributed by atoms with Crippen molar-refractivity contribution >= 4 is 28.2 Å². The molecule has 0 fully saturated rings. The summed E-state index contributed by atoms with van der Waals surface area (Å²) in [5, 5.41) is 3.37. The highest BCUT2D eigenvalue weighted by atomic mass is 32.1. The standard InChI is InChI=1S/C20H24N2O3S/c1-3-13-5-4-6-14(10-13)25-11-17(23)22-20-18(19(21)24)15-8-7-12(2)9-16(15)26-20/h4-6,10,12H,3,7-9,11H2,1-2H3,(H2,21,24)(H,22,23)/t12-/m1/s1. The Bertz CT molecular complexity index is 828. The maximum atomic E-state index is 12.3.